The summed E-state index contributed by atoms with van der Waals surface area (Å²) in [6.45, 7) is 4.19. The zero-order valence-electron chi connectivity index (χ0n) is 11.9. The Bertz CT molecular complexity index is 693. The number of aromatic nitrogens is 1. The van der Waals surface area contributed by atoms with Gasteiger partial charge in [-0.25, -0.2) is 9.38 Å². The van der Waals surface area contributed by atoms with Crippen molar-refractivity contribution < 1.29 is 9.13 Å². The molecule has 3 N–H and O–H groups in total. The van der Waals surface area contributed by atoms with Crippen molar-refractivity contribution in [3.05, 3.63) is 47.5 Å². The summed E-state index contributed by atoms with van der Waals surface area (Å²) >= 11 is 0. The zero-order chi connectivity index (χ0) is 15.0. The molecule has 1 aliphatic heterocycles. The first-order valence-electron chi connectivity index (χ1n) is 6.77. The molecule has 6 heteroatoms. The number of fused-ring (bicyclic) bond motifs is 1. The highest BCUT2D eigenvalue weighted by molar-refractivity contribution is 5.66. The van der Waals surface area contributed by atoms with Crippen molar-refractivity contribution in [1.29, 1.82) is 0 Å². The largest absolute Gasteiger partial charge is 0.460 e. The molecule has 0 spiro atoms. The van der Waals surface area contributed by atoms with Gasteiger partial charge < -0.3 is 10.5 Å². The number of benzene rings is 1. The number of hydrogen-bond donors (Lipinski definition) is 2. The molecule has 1 aromatic carbocycles. The molecule has 0 fully saturated rings. The van der Waals surface area contributed by atoms with Crippen molar-refractivity contribution in [2.45, 2.75) is 26.0 Å². The normalized spacial score (nSPS) is 16.7. The molecule has 0 saturated heterocycles. The van der Waals surface area contributed by atoms with Gasteiger partial charge in [-0.15, -0.1) is 0 Å². The molecule has 3 rings (SSSR count). The highest BCUT2D eigenvalue weighted by atomic mass is 19.1. The zero-order valence-corrected chi connectivity index (χ0v) is 11.9. The molecular formula is C15H17FN4O. The Kier molecular flexibility index (Phi) is 3.29. The quantitative estimate of drug-likeness (QED) is 0.853. The van der Waals surface area contributed by atoms with Crippen molar-refractivity contribution in [3.63, 3.8) is 0 Å². The lowest BCUT2D eigenvalue weighted by atomic mass is 10.0. The number of hydrogen-bond acceptors (Lipinski definition) is 4. The van der Waals surface area contributed by atoms with Gasteiger partial charge in [-0.2, -0.15) is 0 Å². The third-order valence-electron chi connectivity index (χ3n) is 3.42. The van der Waals surface area contributed by atoms with E-state index < -0.39 is 12.0 Å². The van der Waals surface area contributed by atoms with E-state index in [1.54, 1.807) is 6.07 Å². The third-order valence-corrected chi connectivity index (χ3v) is 3.42. The van der Waals surface area contributed by atoms with Crippen LogP contribution in [0, 0.1) is 5.82 Å². The first kappa shape index (κ1) is 13.5. The standard InChI is InChI=1S/C15H17FN4O/c1-9(2)11-5-6-20-14(11)15(18-8-19-20)21-13-4-3-10(17)7-12(13)16/h3-9,15H,17H2,1-2H3,(H,18,19). The Balaban J connectivity index is 1.95. The summed E-state index contributed by atoms with van der Waals surface area (Å²) in [5, 5.41) is 0. The molecule has 0 bridgehead atoms. The van der Waals surface area contributed by atoms with Crippen LogP contribution in [-0.2, 0) is 0 Å². The Hall–Kier alpha value is -2.50. The molecule has 2 aromatic rings. The highest BCUT2D eigenvalue weighted by Gasteiger charge is 2.25. The third kappa shape index (κ3) is 2.44. The lowest BCUT2D eigenvalue weighted by Crippen LogP contribution is -2.25. The fourth-order valence-electron chi connectivity index (χ4n) is 2.37. The Morgan fingerprint density at radius 2 is 2.19 bits per heavy atom. The van der Waals surface area contributed by atoms with Crippen LogP contribution in [0.2, 0.25) is 0 Å². The van der Waals surface area contributed by atoms with Crippen molar-refractivity contribution in [2.24, 2.45) is 4.99 Å². The second kappa shape index (κ2) is 5.12. The van der Waals surface area contributed by atoms with Crippen LogP contribution in [-0.4, -0.2) is 11.0 Å². The highest BCUT2D eigenvalue weighted by Crippen LogP contribution is 2.32. The number of nitrogens with zero attached hydrogens (tertiary/aromatic N) is 2. The summed E-state index contributed by atoms with van der Waals surface area (Å²) in [4.78, 5) is 4.27. The summed E-state index contributed by atoms with van der Waals surface area (Å²) in [6.07, 6.45) is 2.86. The van der Waals surface area contributed by atoms with E-state index in [2.05, 4.69) is 24.3 Å². The number of nitrogens with one attached hydrogen (secondary N) is 1. The van der Waals surface area contributed by atoms with Crippen LogP contribution in [0.1, 0.15) is 37.3 Å². The number of halogens is 1. The molecule has 1 aliphatic rings. The van der Waals surface area contributed by atoms with Crippen molar-refractivity contribution in [3.8, 4) is 5.75 Å². The maximum absolute atomic E-state index is 13.9. The summed E-state index contributed by atoms with van der Waals surface area (Å²) in [7, 11) is 0. The molecule has 110 valence electrons. The molecule has 0 saturated carbocycles. The molecule has 1 aromatic heterocycles. The molecule has 5 nitrogen and oxygen atoms in total. The molecular weight excluding hydrogens is 271 g/mol. The van der Waals surface area contributed by atoms with Gasteiger partial charge in [0.2, 0.25) is 6.23 Å². The van der Waals surface area contributed by atoms with Gasteiger partial charge in [-0.1, -0.05) is 13.8 Å². The SMILES string of the molecule is CC(C)c1ccn2c1C(Oc1ccc(N)cc1F)N=CN2. The first-order chi connectivity index (χ1) is 10.1. The predicted octanol–water partition coefficient (Wildman–Crippen LogP) is 3.00. The second-order valence-corrected chi connectivity index (χ2v) is 5.25. The van der Waals surface area contributed by atoms with Gasteiger partial charge in [0, 0.05) is 18.0 Å². The average Bonchev–Trinajstić information content (AvgIpc) is 2.87. The van der Waals surface area contributed by atoms with Crippen LogP contribution >= 0.6 is 0 Å². The lowest BCUT2D eigenvalue weighted by Gasteiger charge is -2.23. The van der Waals surface area contributed by atoms with E-state index >= 15 is 0 Å². The van der Waals surface area contributed by atoms with Crippen LogP contribution in [0.15, 0.2) is 35.5 Å². The van der Waals surface area contributed by atoms with Crippen molar-refractivity contribution >= 4 is 12.0 Å². The van der Waals surface area contributed by atoms with Gasteiger partial charge in [0.05, 0.1) is 0 Å². The topological polar surface area (TPSA) is 64.6 Å². The Morgan fingerprint density at radius 1 is 1.38 bits per heavy atom. The lowest BCUT2D eigenvalue weighted by molar-refractivity contribution is 0.195. The fraction of sp³-hybridized carbons (Fsp3) is 0.267. The van der Waals surface area contributed by atoms with Crippen molar-refractivity contribution in [2.75, 3.05) is 11.2 Å². The first-order valence-corrected chi connectivity index (χ1v) is 6.77. The smallest absolute Gasteiger partial charge is 0.234 e. The van der Waals surface area contributed by atoms with Crippen LogP contribution in [0.4, 0.5) is 10.1 Å². The van der Waals surface area contributed by atoms with Gasteiger partial charge in [0.25, 0.3) is 0 Å². The van der Waals surface area contributed by atoms with E-state index in [-0.39, 0.29) is 5.75 Å². The van der Waals surface area contributed by atoms with E-state index in [1.807, 2.05) is 16.9 Å². The van der Waals surface area contributed by atoms with Gasteiger partial charge in [-0.05, 0) is 29.7 Å². The Morgan fingerprint density at radius 3 is 2.90 bits per heavy atom. The van der Waals surface area contributed by atoms with Crippen molar-refractivity contribution in [1.82, 2.24) is 4.68 Å². The van der Waals surface area contributed by atoms with Gasteiger partial charge in [0.15, 0.2) is 11.6 Å². The van der Waals surface area contributed by atoms with Crippen LogP contribution < -0.4 is 15.9 Å². The van der Waals surface area contributed by atoms with E-state index in [9.17, 15) is 4.39 Å². The van der Waals surface area contributed by atoms with E-state index in [0.29, 0.717) is 11.6 Å². The molecule has 1 atom stereocenters. The minimum atomic E-state index is -0.586. The van der Waals surface area contributed by atoms with E-state index in [1.165, 1.54) is 18.5 Å². The Labute approximate surface area is 122 Å². The summed E-state index contributed by atoms with van der Waals surface area (Å²) in [6, 6.07) is 6.37. The predicted molar refractivity (Wildman–Crippen MR) is 80.6 cm³/mol. The number of ether oxygens (including phenoxy) is 1. The van der Waals surface area contributed by atoms with Crippen LogP contribution in [0.5, 0.6) is 5.75 Å². The maximum Gasteiger partial charge on any atom is 0.234 e. The molecule has 0 aliphatic carbocycles. The number of nitrogen functional groups attached to an aromatic ring is 1. The van der Waals surface area contributed by atoms with Gasteiger partial charge >= 0.3 is 0 Å². The summed E-state index contributed by atoms with van der Waals surface area (Å²) < 4.78 is 21.5. The minimum Gasteiger partial charge on any atom is -0.460 e. The maximum atomic E-state index is 13.9. The molecule has 0 radical (unpaired) electrons. The van der Waals surface area contributed by atoms with Gasteiger partial charge in [-0.3, -0.25) is 10.1 Å². The molecule has 1 unspecified atom stereocenters. The minimum absolute atomic E-state index is 0.135. The molecule has 21 heavy (non-hydrogen) atoms. The number of aliphatic imine (C=N–C) groups is 1. The number of rotatable bonds is 3. The van der Waals surface area contributed by atoms with Gasteiger partial charge in [0.1, 0.15) is 12.0 Å². The van der Waals surface area contributed by atoms with Crippen LogP contribution in [0.3, 0.4) is 0 Å². The second-order valence-electron chi connectivity index (χ2n) is 5.25. The van der Waals surface area contributed by atoms with Crippen LogP contribution in [0.25, 0.3) is 0 Å². The summed E-state index contributed by atoms with van der Waals surface area (Å²) in [5.41, 5.74) is 10.9. The molecule has 0 amide bonds. The monoisotopic (exact) mass is 288 g/mol. The van der Waals surface area contributed by atoms with E-state index in [4.69, 9.17) is 10.5 Å². The number of anilines is 1. The van der Waals surface area contributed by atoms with E-state index in [0.717, 1.165) is 11.3 Å². The number of nitrogens with two attached hydrogens (primary N) is 1. The average molecular weight is 288 g/mol. The summed E-state index contributed by atoms with van der Waals surface area (Å²) in [5.74, 6) is -0.0395. The fourth-order valence-corrected chi connectivity index (χ4v) is 2.37. The molecule has 2 heterocycles.